The highest BCUT2D eigenvalue weighted by atomic mass is 16.5. The summed E-state index contributed by atoms with van der Waals surface area (Å²) >= 11 is 0. The van der Waals surface area contributed by atoms with Gasteiger partial charge in [0.25, 0.3) is 5.91 Å². The molecule has 0 fully saturated rings. The maximum Gasteiger partial charge on any atom is 0.260 e. The van der Waals surface area contributed by atoms with Crippen molar-refractivity contribution in [1.29, 1.82) is 0 Å². The normalized spacial score (nSPS) is 12.1. The summed E-state index contributed by atoms with van der Waals surface area (Å²) in [7, 11) is 0. The second-order valence-electron chi connectivity index (χ2n) is 4.41. The number of benzene rings is 1. The van der Waals surface area contributed by atoms with Crippen LogP contribution < -0.4 is 10.1 Å². The Bertz CT molecular complexity index is 569. The monoisotopic (exact) mass is 258 g/mol. The lowest BCUT2D eigenvalue weighted by molar-refractivity contribution is -0.127. The van der Waals surface area contributed by atoms with Crippen molar-refractivity contribution in [2.45, 2.75) is 26.4 Å². The molecule has 4 nitrogen and oxygen atoms in total. The fourth-order valence-electron chi connectivity index (χ4n) is 1.76. The molecule has 1 heterocycles. The van der Waals surface area contributed by atoms with Gasteiger partial charge in [0.05, 0.1) is 11.7 Å². The van der Waals surface area contributed by atoms with E-state index in [0.29, 0.717) is 12.3 Å². The van der Waals surface area contributed by atoms with Crippen molar-refractivity contribution in [2.75, 3.05) is 6.54 Å². The fourth-order valence-corrected chi connectivity index (χ4v) is 1.76. The lowest BCUT2D eigenvalue weighted by Gasteiger charge is -2.14. The van der Waals surface area contributed by atoms with Crippen LogP contribution >= 0.6 is 0 Å². The molecule has 1 unspecified atom stereocenters. The molecule has 1 amide bonds. The highest BCUT2D eigenvalue weighted by molar-refractivity contribution is 5.81. The quantitative estimate of drug-likeness (QED) is 0.896. The van der Waals surface area contributed by atoms with Crippen molar-refractivity contribution in [1.82, 2.24) is 10.3 Å². The molecule has 4 heteroatoms. The molecule has 0 saturated heterocycles. The maximum atomic E-state index is 11.7. The van der Waals surface area contributed by atoms with Crippen molar-refractivity contribution in [3.05, 3.63) is 36.5 Å². The van der Waals surface area contributed by atoms with E-state index in [1.165, 1.54) is 0 Å². The van der Waals surface area contributed by atoms with Crippen LogP contribution in [0.5, 0.6) is 5.75 Å². The molecule has 19 heavy (non-hydrogen) atoms. The molecule has 0 aliphatic rings. The van der Waals surface area contributed by atoms with Crippen molar-refractivity contribution >= 4 is 16.8 Å². The molecule has 0 saturated carbocycles. The molecule has 1 N–H and O–H groups in total. The second kappa shape index (κ2) is 6.18. The summed E-state index contributed by atoms with van der Waals surface area (Å²) in [4.78, 5) is 16.0. The van der Waals surface area contributed by atoms with Crippen LogP contribution in [0.2, 0.25) is 0 Å². The predicted molar refractivity (Wildman–Crippen MR) is 75.1 cm³/mol. The largest absolute Gasteiger partial charge is 0.479 e. The third-order valence-electron chi connectivity index (χ3n) is 2.80. The summed E-state index contributed by atoms with van der Waals surface area (Å²) in [5.41, 5.74) is 0.915. The Hall–Kier alpha value is -2.10. The Morgan fingerprint density at radius 3 is 3.00 bits per heavy atom. The topological polar surface area (TPSA) is 51.2 Å². The summed E-state index contributed by atoms with van der Waals surface area (Å²) in [6.45, 7) is 4.42. The van der Waals surface area contributed by atoms with Crippen LogP contribution in [-0.2, 0) is 4.79 Å². The van der Waals surface area contributed by atoms with Crippen LogP contribution in [0, 0.1) is 0 Å². The molecular formula is C15H18N2O2. The molecule has 100 valence electrons. The Balaban J connectivity index is 2.06. The van der Waals surface area contributed by atoms with Crippen molar-refractivity contribution < 1.29 is 9.53 Å². The van der Waals surface area contributed by atoms with Crippen LogP contribution in [0.1, 0.15) is 20.3 Å². The minimum absolute atomic E-state index is 0.102. The first kappa shape index (κ1) is 13.3. The SMILES string of the molecule is CCCNC(=O)C(C)Oc1cnc2ccccc2c1. The van der Waals surface area contributed by atoms with Gasteiger partial charge in [0.2, 0.25) is 0 Å². The molecule has 0 aliphatic heterocycles. The van der Waals surface area contributed by atoms with E-state index in [1.807, 2.05) is 37.3 Å². The van der Waals surface area contributed by atoms with E-state index in [0.717, 1.165) is 17.3 Å². The van der Waals surface area contributed by atoms with E-state index in [1.54, 1.807) is 13.1 Å². The molecule has 0 radical (unpaired) electrons. The van der Waals surface area contributed by atoms with Gasteiger partial charge in [0.15, 0.2) is 6.10 Å². The van der Waals surface area contributed by atoms with Crippen LogP contribution in [0.15, 0.2) is 36.5 Å². The first-order valence-corrected chi connectivity index (χ1v) is 6.50. The number of fused-ring (bicyclic) bond motifs is 1. The third-order valence-corrected chi connectivity index (χ3v) is 2.80. The van der Waals surface area contributed by atoms with E-state index < -0.39 is 6.10 Å². The third kappa shape index (κ3) is 3.44. The summed E-state index contributed by atoms with van der Waals surface area (Å²) in [5, 5.41) is 3.81. The zero-order valence-electron chi connectivity index (χ0n) is 11.2. The van der Waals surface area contributed by atoms with E-state index in [2.05, 4.69) is 10.3 Å². The molecule has 1 aromatic carbocycles. The number of carbonyl (C=O) groups is 1. The van der Waals surface area contributed by atoms with E-state index in [4.69, 9.17) is 4.74 Å². The second-order valence-corrected chi connectivity index (χ2v) is 4.41. The standard InChI is InChI=1S/C15H18N2O2/c1-3-8-16-15(18)11(2)19-13-9-12-6-4-5-7-14(12)17-10-13/h4-7,9-11H,3,8H2,1-2H3,(H,16,18). The number of aromatic nitrogens is 1. The number of hydrogen-bond acceptors (Lipinski definition) is 3. The van der Waals surface area contributed by atoms with Crippen molar-refractivity contribution in [3.8, 4) is 5.75 Å². The average molecular weight is 258 g/mol. The number of pyridine rings is 1. The van der Waals surface area contributed by atoms with Gasteiger partial charge in [0, 0.05) is 11.9 Å². The van der Waals surface area contributed by atoms with Crippen LogP contribution in [0.3, 0.4) is 0 Å². The van der Waals surface area contributed by atoms with Gasteiger partial charge in [-0.2, -0.15) is 0 Å². The molecule has 2 rings (SSSR count). The maximum absolute atomic E-state index is 11.7. The van der Waals surface area contributed by atoms with Gasteiger partial charge in [-0.15, -0.1) is 0 Å². The van der Waals surface area contributed by atoms with Gasteiger partial charge < -0.3 is 10.1 Å². The summed E-state index contributed by atoms with van der Waals surface area (Å²) in [6, 6.07) is 9.70. The van der Waals surface area contributed by atoms with Crippen LogP contribution in [0.25, 0.3) is 10.9 Å². The first-order chi connectivity index (χ1) is 9.20. The molecule has 0 spiro atoms. The van der Waals surface area contributed by atoms with Crippen LogP contribution in [0.4, 0.5) is 0 Å². The highest BCUT2D eigenvalue weighted by Crippen LogP contribution is 2.18. The van der Waals surface area contributed by atoms with E-state index in [-0.39, 0.29) is 5.91 Å². The Morgan fingerprint density at radius 2 is 2.21 bits per heavy atom. The van der Waals surface area contributed by atoms with Gasteiger partial charge in [-0.3, -0.25) is 9.78 Å². The molecular weight excluding hydrogens is 240 g/mol. The Morgan fingerprint density at radius 1 is 1.42 bits per heavy atom. The number of amides is 1. The number of carbonyl (C=O) groups excluding carboxylic acids is 1. The van der Waals surface area contributed by atoms with Gasteiger partial charge >= 0.3 is 0 Å². The van der Waals surface area contributed by atoms with Gasteiger partial charge in [0.1, 0.15) is 5.75 Å². The summed E-state index contributed by atoms with van der Waals surface area (Å²) < 4.78 is 5.61. The minimum atomic E-state index is -0.519. The number of nitrogens with one attached hydrogen (secondary N) is 1. The van der Waals surface area contributed by atoms with Crippen molar-refractivity contribution in [2.24, 2.45) is 0 Å². The van der Waals surface area contributed by atoms with Gasteiger partial charge in [-0.05, 0) is 25.5 Å². The molecule has 2 aromatic rings. The summed E-state index contributed by atoms with van der Waals surface area (Å²) in [5.74, 6) is 0.507. The van der Waals surface area contributed by atoms with Crippen LogP contribution in [-0.4, -0.2) is 23.5 Å². The first-order valence-electron chi connectivity index (χ1n) is 6.50. The lowest BCUT2D eigenvalue weighted by atomic mass is 10.2. The molecule has 0 bridgehead atoms. The highest BCUT2D eigenvalue weighted by Gasteiger charge is 2.13. The smallest absolute Gasteiger partial charge is 0.260 e. The number of ether oxygens (including phenoxy) is 1. The average Bonchev–Trinajstić information content (AvgIpc) is 2.44. The fraction of sp³-hybridized carbons (Fsp3) is 0.333. The number of rotatable bonds is 5. The zero-order chi connectivity index (χ0) is 13.7. The minimum Gasteiger partial charge on any atom is -0.479 e. The number of nitrogens with zero attached hydrogens (tertiary/aromatic N) is 1. The zero-order valence-corrected chi connectivity index (χ0v) is 11.2. The van der Waals surface area contributed by atoms with Crippen molar-refractivity contribution in [3.63, 3.8) is 0 Å². The number of para-hydroxylation sites is 1. The molecule has 1 aromatic heterocycles. The number of hydrogen-bond donors (Lipinski definition) is 1. The van der Waals surface area contributed by atoms with Gasteiger partial charge in [-0.1, -0.05) is 25.1 Å². The summed E-state index contributed by atoms with van der Waals surface area (Å²) in [6.07, 6.45) is 2.04. The van der Waals surface area contributed by atoms with E-state index >= 15 is 0 Å². The lowest BCUT2D eigenvalue weighted by Crippen LogP contribution is -2.36. The van der Waals surface area contributed by atoms with E-state index in [9.17, 15) is 4.79 Å². The Kier molecular flexibility index (Phi) is 4.34. The molecule has 0 aliphatic carbocycles. The molecule has 1 atom stereocenters. The van der Waals surface area contributed by atoms with Gasteiger partial charge in [-0.25, -0.2) is 0 Å². The Labute approximate surface area is 112 Å². The predicted octanol–water partition coefficient (Wildman–Crippen LogP) is 2.53.